The van der Waals surface area contributed by atoms with Crippen molar-refractivity contribution in [2.45, 2.75) is 33.7 Å². The van der Waals surface area contributed by atoms with Crippen LogP contribution in [0.2, 0.25) is 0 Å². The van der Waals surface area contributed by atoms with E-state index in [-0.39, 0.29) is 23.6 Å². The first kappa shape index (κ1) is 21.5. The van der Waals surface area contributed by atoms with Gasteiger partial charge in [-0.2, -0.15) is 0 Å². The van der Waals surface area contributed by atoms with Gasteiger partial charge in [0, 0.05) is 10.4 Å². The van der Waals surface area contributed by atoms with Gasteiger partial charge in [0.05, 0.1) is 6.04 Å². The predicted octanol–water partition coefficient (Wildman–Crippen LogP) is 5.32. The van der Waals surface area contributed by atoms with Crippen molar-refractivity contribution in [3.63, 3.8) is 0 Å². The summed E-state index contributed by atoms with van der Waals surface area (Å²) in [6, 6.07) is 17.0. The van der Waals surface area contributed by atoms with Crippen LogP contribution >= 0.6 is 11.3 Å². The number of thiophene rings is 1. The summed E-state index contributed by atoms with van der Waals surface area (Å²) in [5.41, 5.74) is 5.20. The maximum atomic E-state index is 13.0. The van der Waals surface area contributed by atoms with E-state index in [9.17, 15) is 9.59 Å². The van der Waals surface area contributed by atoms with Crippen LogP contribution in [-0.2, 0) is 4.79 Å². The van der Waals surface area contributed by atoms with Crippen molar-refractivity contribution in [1.29, 1.82) is 0 Å². The Labute approximate surface area is 181 Å². The van der Waals surface area contributed by atoms with E-state index in [4.69, 9.17) is 0 Å². The first-order valence-electron chi connectivity index (χ1n) is 9.84. The normalized spacial score (nSPS) is 12.3. The molecule has 0 saturated heterocycles. The number of carbonyl (C=O) groups is 2. The number of aryl methyl sites for hydroxylation is 3. The summed E-state index contributed by atoms with van der Waals surface area (Å²) >= 11 is 1.50. The van der Waals surface area contributed by atoms with Gasteiger partial charge in [0.25, 0.3) is 11.8 Å². The summed E-state index contributed by atoms with van der Waals surface area (Å²) in [4.78, 5) is 26.6. The first-order chi connectivity index (χ1) is 14.3. The van der Waals surface area contributed by atoms with E-state index in [2.05, 4.69) is 36.6 Å². The summed E-state index contributed by atoms with van der Waals surface area (Å²) in [6.07, 6.45) is 1.71. The van der Waals surface area contributed by atoms with Gasteiger partial charge >= 0.3 is 0 Å². The highest BCUT2D eigenvalue weighted by molar-refractivity contribution is 7.10. The molecule has 3 rings (SSSR count). The van der Waals surface area contributed by atoms with Crippen LogP contribution in [0.25, 0.3) is 6.08 Å². The molecule has 1 aromatic heterocycles. The minimum absolute atomic E-state index is 0.195. The number of hydrogen-bond acceptors (Lipinski definition) is 3. The first-order valence-corrected chi connectivity index (χ1v) is 10.7. The molecule has 0 radical (unpaired) electrons. The van der Waals surface area contributed by atoms with Gasteiger partial charge in [-0.3, -0.25) is 9.59 Å². The second-order valence-electron chi connectivity index (χ2n) is 7.43. The summed E-state index contributed by atoms with van der Waals surface area (Å²) in [5, 5.41) is 7.72. The van der Waals surface area contributed by atoms with E-state index < -0.39 is 0 Å². The molecule has 2 amide bonds. The number of rotatable bonds is 6. The molecule has 2 N–H and O–H groups in total. The molecule has 5 heteroatoms. The zero-order valence-electron chi connectivity index (χ0n) is 17.7. The van der Waals surface area contributed by atoms with Crippen molar-refractivity contribution >= 4 is 29.2 Å². The Morgan fingerprint density at radius 1 is 0.967 bits per heavy atom. The summed E-state index contributed by atoms with van der Waals surface area (Å²) in [6.45, 7) is 8.01. The van der Waals surface area contributed by atoms with Crippen LogP contribution in [0.4, 0.5) is 0 Å². The van der Waals surface area contributed by atoms with E-state index in [0.29, 0.717) is 5.56 Å². The lowest BCUT2D eigenvalue weighted by Gasteiger charge is -2.17. The molecule has 0 aliphatic carbocycles. The molecule has 0 unspecified atom stereocenters. The van der Waals surface area contributed by atoms with Crippen molar-refractivity contribution in [3.8, 4) is 0 Å². The van der Waals surface area contributed by atoms with Gasteiger partial charge in [0.15, 0.2) is 0 Å². The lowest BCUT2D eigenvalue weighted by Crippen LogP contribution is -2.36. The largest absolute Gasteiger partial charge is 0.344 e. The van der Waals surface area contributed by atoms with Crippen LogP contribution in [0.5, 0.6) is 0 Å². The van der Waals surface area contributed by atoms with Crippen LogP contribution in [0.3, 0.4) is 0 Å². The lowest BCUT2D eigenvalue weighted by molar-refractivity contribution is -0.118. The highest BCUT2D eigenvalue weighted by Gasteiger charge is 2.18. The van der Waals surface area contributed by atoms with Gasteiger partial charge in [-0.1, -0.05) is 42.0 Å². The van der Waals surface area contributed by atoms with E-state index in [1.165, 1.54) is 22.5 Å². The van der Waals surface area contributed by atoms with Crippen LogP contribution in [0, 0.1) is 20.8 Å². The van der Waals surface area contributed by atoms with E-state index in [1.54, 1.807) is 18.2 Å². The Morgan fingerprint density at radius 3 is 2.33 bits per heavy atom. The Balaban J connectivity index is 1.81. The molecule has 30 heavy (non-hydrogen) atoms. The third-order valence-corrected chi connectivity index (χ3v) is 5.83. The standard InChI is InChI=1S/C25H26N2O2S/c1-16-7-10-20(11-8-16)24(28)27-23(15-22-6-5-13-30-22)25(29)26-19(4)21-12-9-17(2)18(3)14-21/h5-15,19H,1-4H3,(H,26,29)(H,27,28)/b23-15-/t19-/m1/s1. The molecule has 1 atom stereocenters. The van der Waals surface area contributed by atoms with Crippen LogP contribution < -0.4 is 10.6 Å². The predicted molar refractivity (Wildman–Crippen MR) is 123 cm³/mol. The van der Waals surface area contributed by atoms with E-state index >= 15 is 0 Å². The number of carbonyl (C=O) groups excluding carboxylic acids is 2. The zero-order chi connectivity index (χ0) is 21.7. The van der Waals surface area contributed by atoms with Gasteiger partial charge in [-0.15, -0.1) is 11.3 Å². The molecule has 154 valence electrons. The number of nitrogens with one attached hydrogen (secondary N) is 2. The molecule has 0 spiro atoms. The zero-order valence-corrected chi connectivity index (χ0v) is 18.5. The topological polar surface area (TPSA) is 58.2 Å². The smallest absolute Gasteiger partial charge is 0.268 e. The molecule has 3 aromatic rings. The molecule has 4 nitrogen and oxygen atoms in total. The number of hydrogen-bond donors (Lipinski definition) is 2. The van der Waals surface area contributed by atoms with Gasteiger partial charge < -0.3 is 10.6 Å². The minimum Gasteiger partial charge on any atom is -0.344 e. The molecule has 0 saturated carbocycles. The summed E-state index contributed by atoms with van der Waals surface area (Å²) in [7, 11) is 0. The highest BCUT2D eigenvalue weighted by Crippen LogP contribution is 2.18. The third kappa shape index (κ3) is 5.45. The second-order valence-corrected chi connectivity index (χ2v) is 8.41. The molecule has 0 aliphatic rings. The van der Waals surface area contributed by atoms with Crippen LogP contribution in [0.15, 0.2) is 65.7 Å². The number of amides is 2. The Kier molecular flexibility index (Phi) is 6.85. The highest BCUT2D eigenvalue weighted by atomic mass is 32.1. The van der Waals surface area contributed by atoms with E-state index in [1.807, 2.05) is 49.6 Å². The molecule has 0 aliphatic heterocycles. The van der Waals surface area contributed by atoms with Crippen molar-refractivity contribution in [2.24, 2.45) is 0 Å². The average molecular weight is 419 g/mol. The lowest BCUT2D eigenvalue weighted by atomic mass is 10.0. The Bertz CT molecular complexity index is 1070. The minimum atomic E-state index is -0.324. The summed E-state index contributed by atoms with van der Waals surface area (Å²) < 4.78 is 0. The monoisotopic (exact) mass is 418 g/mol. The second kappa shape index (κ2) is 9.55. The van der Waals surface area contributed by atoms with Crippen molar-refractivity contribution in [1.82, 2.24) is 10.6 Å². The summed E-state index contributed by atoms with van der Waals surface area (Å²) in [5.74, 6) is -0.638. The van der Waals surface area contributed by atoms with Crippen molar-refractivity contribution < 1.29 is 9.59 Å². The fourth-order valence-electron chi connectivity index (χ4n) is 2.97. The molecule has 0 fully saturated rings. The Morgan fingerprint density at radius 2 is 1.70 bits per heavy atom. The molecule has 0 bridgehead atoms. The van der Waals surface area contributed by atoms with Crippen molar-refractivity contribution in [3.05, 3.63) is 98.4 Å². The van der Waals surface area contributed by atoms with Gasteiger partial charge in [0.2, 0.25) is 0 Å². The fourth-order valence-corrected chi connectivity index (χ4v) is 3.62. The van der Waals surface area contributed by atoms with Crippen molar-refractivity contribution in [2.75, 3.05) is 0 Å². The maximum Gasteiger partial charge on any atom is 0.268 e. The van der Waals surface area contributed by atoms with Gasteiger partial charge in [-0.25, -0.2) is 0 Å². The number of benzene rings is 2. The van der Waals surface area contributed by atoms with Crippen LogP contribution in [0.1, 0.15) is 50.5 Å². The molecule has 2 aromatic carbocycles. The molecule has 1 heterocycles. The Hall–Kier alpha value is -3.18. The van der Waals surface area contributed by atoms with E-state index in [0.717, 1.165) is 16.0 Å². The molecular formula is C25H26N2O2S. The third-order valence-electron chi connectivity index (χ3n) is 5.01. The quantitative estimate of drug-likeness (QED) is 0.532. The van der Waals surface area contributed by atoms with Crippen LogP contribution in [-0.4, -0.2) is 11.8 Å². The fraction of sp³-hybridized carbons (Fsp3) is 0.200. The maximum absolute atomic E-state index is 13.0. The van der Waals surface area contributed by atoms with Gasteiger partial charge in [-0.05, 0) is 74.0 Å². The average Bonchev–Trinajstić information content (AvgIpc) is 3.23. The molecular weight excluding hydrogens is 392 g/mol. The SMILES string of the molecule is Cc1ccc(C(=O)N/C(=C\c2cccs2)C(=O)N[C@H](C)c2ccc(C)c(C)c2)cc1. The van der Waals surface area contributed by atoms with Gasteiger partial charge in [0.1, 0.15) is 5.70 Å².